The second-order valence-electron chi connectivity index (χ2n) is 6.51. The van der Waals surface area contributed by atoms with E-state index < -0.39 is 20.7 Å². The summed E-state index contributed by atoms with van der Waals surface area (Å²) >= 11 is 3.44. The molecule has 1 aliphatic heterocycles. The lowest BCUT2D eigenvalue weighted by Crippen LogP contribution is -2.30. The lowest BCUT2D eigenvalue weighted by atomic mass is 10.1. The Morgan fingerprint density at radius 3 is 2.52 bits per heavy atom. The molecule has 5 nitrogen and oxygen atoms in total. The van der Waals surface area contributed by atoms with Gasteiger partial charge in [0.1, 0.15) is 10.7 Å². The average molecular weight is 455 g/mol. The van der Waals surface area contributed by atoms with Crippen LogP contribution in [-0.2, 0) is 16.6 Å². The van der Waals surface area contributed by atoms with Crippen LogP contribution in [0.4, 0.5) is 4.39 Å². The second-order valence-corrected chi connectivity index (χ2v) is 9.27. The standard InChI is InChI=1S/C19H20BrFN2O3S/c1-22(13-15-6-2-3-7-16(15)20)19(24)14-8-9-17(21)18(12-14)27(25,26)23-10-4-5-11-23/h2-3,6-9,12H,4-5,10-11,13H2,1H3. The molecule has 1 amide bonds. The normalized spacial score (nSPS) is 15.1. The summed E-state index contributed by atoms with van der Waals surface area (Å²) < 4.78 is 41.8. The van der Waals surface area contributed by atoms with Crippen LogP contribution in [0.2, 0.25) is 0 Å². The molecule has 0 atom stereocenters. The Labute approximate surface area is 167 Å². The molecule has 1 fully saturated rings. The molecule has 1 saturated heterocycles. The number of hydrogen-bond acceptors (Lipinski definition) is 3. The molecule has 0 radical (unpaired) electrons. The zero-order valence-corrected chi connectivity index (χ0v) is 17.3. The molecule has 0 unspecified atom stereocenters. The maximum Gasteiger partial charge on any atom is 0.253 e. The van der Waals surface area contributed by atoms with Gasteiger partial charge in [-0.15, -0.1) is 0 Å². The summed E-state index contributed by atoms with van der Waals surface area (Å²) in [6.07, 6.45) is 1.52. The Morgan fingerprint density at radius 2 is 1.85 bits per heavy atom. The lowest BCUT2D eigenvalue weighted by molar-refractivity contribution is 0.0784. The molecule has 144 valence electrons. The molecule has 3 rings (SSSR count). The maximum absolute atomic E-state index is 14.2. The summed E-state index contributed by atoms with van der Waals surface area (Å²) in [5.74, 6) is -1.21. The van der Waals surface area contributed by atoms with Crippen LogP contribution in [0.1, 0.15) is 28.8 Å². The third-order valence-corrected chi connectivity index (χ3v) is 7.26. The van der Waals surface area contributed by atoms with Crippen molar-refractivity contribution in [2.45, 2.75) is 24.3 Å². The molecule has 2 aromatic rings. The molecule has 0 bridgehead atoms. The van der Waals surface area contributed by atoms with Crippen molar-refractivity contribution >= 4 is 31.9 Å². The van der Waals surface area contributed by atoms with Crippen molar-refractivity contribution in [3.63, 3.8) is 0 Å². The van der Waals surface area contributed by atoms with E-state index in [0.29, 0.717) is 19.6 Å². The van der Waals surface area contributed by atoms with Gasteiger partial charge in [-0.3, -0.25) is 4.79 Å². The predicted molar refractivity (Wildman–Crippen MR) is 104 cm³/mol. The Kier molecular flexibility index (Phi) is 5.98. The van der Waals surface area contributed by atoms with Crippen molar-refractivity contribution < 1.29 is 17.6 Å². The highest BCUT2D eigenvalue weighted by atomic mass is 79.9. The first kappa shape index (κ1) is 20.0. The van der Waals surface area contributed by atoms with Crippen LogP contribution in [0.15, 0.2) is 51.8 Å². The van der Waals surface area contributed by atoms with Crippen molar-refractivity contribution in [1.29, 1.82) is 0 Å². The average Bonchev–Trinajstić information content (AvgIpc) is 3.19. The molecule has 2 aromatic carbocycles. The zero-order chi connectivity index (χ0) is 19.6. The third-order valence-electron chi connectivity index (χ3n) is 4.57. The molecule has 1 aliphatic rings. The number of nitrogens with zero attached hydrogens (tertiary/aromatic N) is 2. The van der Waals surface area contributed by atoms with E-state index in [-0.39, 0.29) is 11.5 Å². The summed E-state index contributed by atoms with van der Waals surface area (Å²) in [4.78, 5) is 13.8. The smallest absolute Gasteiger partial charge is 0.253 e. The van der Waals surface area contributed by atoms with Crippen molar-refractivity contribution in [1.82, 2.24) is 9.21 Å². The summed E-state index contributed by atoms with van der Waals surface area (Å²) in [6.45, 7) is 1.09. The van der Waals surface area contributed by atoms with E-state index >= 15 is 0 Å². The highest BCUT2D eigenvalue weighted by molar-refractivity contribution is 9.10. The zero-order valence-electron chi connectivity index (χ0n) is 14.9. The van der Waals surface area contributed by atoms with Gasteiger partial charge in [0.15, 0.2) is 0 Å². The minimum atomic E-state index is -3.94. The van der Waals surface area contributed by atoms with Gasteiger partial charge in [-0.1, -0.05) is 34.1 Å². The van der Waals surface area contributed by atoms with Crippen molar-refractivity contribution in [3.05, 3.63) is 63.9 Å². The molecule has 0 spiro atoms. The maximum atomic E-state index is 14.2. The number of carbonyl (C=O) groups is 1. The fraction of sp³-hybridized carbons (Fsp3) is 0.316. The quantitative estimate of drug-likeness (QED) is 0.692. The topological polar surface area (TPSA) is 57.7 Å². The predicted octanol–water partition coefficient (Wildman–Crippen LogP) is 3.64. The first-order chi connectivity index (χ1) is 12.8. The van der Waals surface area contributed by atoms with Gasteiger partial charge in [-0.25, -0.2) is 12.8 Å². The number of carbonyl (C=O) groups excluding carboxylic acids is 1. The van der Waals surface area contributed by atoms with E-state index in [4.69, 9.17) is 0 Å². The van der Waals surface area contributed by atoms with Crippen LogP contribution in [0.5, 0.6) is 0 Å². The van der Waals surface area contributed by atoms with Crippen molar-refractivity contribution in [3.8, 4) is 0 Å². The second kappa shape index (κ2) is 8.08. The largest absolute Gasteiger partial charge is 0.337 e. The number of rotatable bonds is 5. The third kappa shape index (κ3) is 4.23. The van der Waals surface area contributed by atoms with Crippen LogP contribution in [0.25, 0.3) is 0 Å². The minimum absolute atomic E-state index is 0.142. The summed E-state index contributed by atoms with van der Waals surface area (Å²) in [7, 11) is -2.31. The van der Waals surface area contributed by atoms with Gasteiger partial charge in [-0.2, -0.15) is 4.31 Å². The van der Waals surface area contributed by atoms with Crippen molar-refractivity contribution in [2.24, 2.45) is 0 Å². The molecule has 1 heterocycles. The Bertz CT molecular complexity index is 959. The van der Waals surface area contributed by atoms with E-state index in [1.165, 1.54) is 15.3 Å². The van der Waals surface area contributed by atoms with Crippen LogP contribution in [0.3, 0.4) is 0 Å². The van der Waals surface area contributed by atoms with E-state index in [1.54, 1.807) is 7.05 Å². The fourth-order valence-corrected chi connectivity index (χ4v) is 5.09. The minimum Gasteiger partial charge on any atom is -0.337 e. The molecule has 27 heavy (non-hydrogen) atoms. The van der Waals surface area contributed by atoms with Gasteiger partial charge in [0, 0.05) is 36.7 Å². The van der Waals surface area contributed by atoms with Crippen LogP contribution < -0.4 is 0 Å². The van der Waals surface area contributed by atoms with Gasteiger partial charge >= 0.3 is 0 Å². The van der Waals surface area contributed by atoms with Crippen LogP contribution in [-0.4, -0.2) is 43.7 Å². The highest BCUT2D eigenvalue weighted by Crippen LogP contribution is 2.25. The molecule has 0 saturated carbocycles. The molecule has 8 heteroatoms. The Morgan fingerprint density at radius 1 is 1.19 bits per heavy atom. The molecular weight excluding hydrogens is 435 g/mol. The van der Waals surface area contributed by atoms with Gasteiger partial charge in [-0.05, 0) is 42.7 Å². The number of amides is 1. The first-order valence-corrected chi connectivity index (χ1v) is 10.8. The van der Waals surface area contributed by atoms with Gasteiger partial charge < -0.3 is 4.90 Å². The van der Waals surface area contributed by atoms with E-state index in [1.807, 2.05) is 24.3 Å². The number of benzene rings is 2. The van der Waals surface area contributed by atoms with E-state index in [9.17, 15) is 17.6 Å². The summed E-state index contributed by atoms with van der Waals surface area (Å²) in [6, 6.07) is 11.0. The molecule has 0 N–H and O–H groups in total. The number of sulfonamides is 1. The Hall–Kier alpha value is -1.77. The molecule has 0 aliphatic carbocycles. The lowest BCUT2D eigenvalue weighted by Gasteiger charge is -2.20. The monoisotopic (exact) mass is 454 g/mol. The SMILES string of the molecule is CN(Cc1ccccc1Br)C(=O)c1ccc(F)c(S(=O)(=O)N2CCCC2)c1. The molecule has 0 aromatic heterocycles. The van der Waals surface area contributed by atoms with Crippen LogP contribution >= 0.6 is 15.9 Å². The van der Waals surface area contributed by atoms with Gasteiger partial charge in [0.05, 0.1) is 0 Å². The van der Waals surface area contributed by atoms with E-state index in [2.05, 4.69) is 15.9 Å². The molecular formula is C19H20BrFN2O3S. The van der Waals surface area contributed by atoms with Crippen LogP contribution in [0, 0.1) is 5.82 Å². The fourth-order valence-electron chi connectivity index (χ4n) is 3.08. The number of halogens is 2. The first-order valence-electron chi connectivity index (χ1n) is 8.59. The van der Waals surface area contributed by atoms with Crippen molar-refractivity contribution in [2.75, 3.05) is 20.1 Å². The van der Waals surface area contributed by atoms with Gasteiger partial charge in [0.2, 0.25) is 10.0 Å². The van der Waals surface area contributed by atoms with Gasteiger partial charge in [0.25, 0.3) is 5.91 Å². The number of hydrogen-bond donors (Lipinski definition) is 0. The van der Waals surface area contributed by atoms with E-state index in [0.717, 1.165) is 35.0 Å². The Balaban J connectivity index is 1.86. The summed E-state index contributed by atoms with van der Waals surface area (Å²) in [5.41, 5.74) is 1.06. The summed E-state index contributed by atoms with van der Waals surface area (Å²) in [5, 5.41) is 0. The highest BCUT2D eigenvalue weighted by Gasteiger charge is 2.30.